The van der Waals surface area contributed by atoms with E-state index in [1.54, 1.807) is 12.1 Å². The number of hydrogen-bond donors (Lipinski definition) is 1. The second kappa shape index (κ2) is 4.44. The van der Waals surface area contributed by atoms with Gasteiger partial charge >= 0.3 is 0 Å². The van der Waals surface area contributed by atoms with E-state index < -0.39 is 0 Å². The van der Waals surface area contributed by atoms with E-state index in [4.69, 9.17) is 5.11 Å². The van der Waals surface area contributed by atoms with Crippen molar-refractivity contribution in [3.8, 4) is 0 Å². The van der Waals surface area contributed by atoms with Gasteiger partial charge in [0.25, 0.3) is 0 Å². The van der Waals surface area contributed by atoms with Gasteiger partial charge < -0.3 is 5.11 Å². The van der Waals surface area contributed by atoms with Crippen LogP contribution in [0.2, 0.25) is 0 Å². The van der Waals surface area contributed by atoms with Crippen LogP contribution in [0, 0.1) is 0 Å². The van der Waals surface area contributed by atoms with Gasteiger partial charge in [-0.25, -0.2) is 4.79 Å². The topological polar surface area (TPSA) is 49.7 Å². The number of carbonyl (C=O) groups excluding carboxylic acids is 1. The molecule has 0 radical (unpaired) electrons. The smallest absolute Gasteiger partial charge is 0.240 e. The van der Waals surface area contributed by atoms with Gasteiger partial charge in [-0.1, -0.05) is 18.2 Å². The molecule has 1 aromatic rings. The summed E-state index contributed by atoms with van der Waals surface area (Å²) in [5, 5.41) is 8.67. The Morgan fingerprint density at radius 2 is 2.17 bits per heavy atom. The van der Waals surface area contributed by atoms with Crippen LogP contribution in [0.25, 0.3) is 0 Å². The van der Waals surface area contributed by atoms with Gasteiger partial charge in [0.05, 0.1) is 5.69 Å². The molecule has 1 rings (SSSR count). The van der Waals surface area contributed by atoms with E-state index >= 15 is 0 Å². The number of rotatable bonds is 3. The summed E-state index contributed by atoms with van der Waals surface area (Å²) >= 11 is 0. The highest BCUT2D eigenvalue weighted by Crippen LogP contribution is 2.17. The van der Waals surface area contributed by atoms with E-state index in [0.717, 1.165) is 5.56 Å². The predicted molar refractivity (Wildman–Crippen MR) is 45.0 cm³/mol. The van der Waals surface area contributed by atoms with E-state index in [-0.39, 0.29) is 6.61 Å². The van der Waals surface area contributed by atoms with Crippen LogP contribution in [0.4, 0.5) is 5.69 Å². The highest BCUT2D eigenvalue weighted by atomic mass is 16.2. The van der Waals surface area contributed by atoms with E-state index in [1.807, 2.05) is 12.1 Å². The molecule has 0 aliphatic rings. The van der Waals surface area contributed by atoms with Crippen molar-refractivity contribution in [3.63, 3.8) is 0 Å². The minimum atomic E-state index is 0.0609. The molecule has 0 amide bonds. The molecule has 0 saturated carbocycles. The molecule has 0 aliphatic carbocycles. The molecule has 0 heterocycles. The summed E-state index contributed by atoms with van der Waals surface area (Å²) in [5.41, 5.74) is 1.45. The zero-order valence-electron chi connectivity index (χ0n) is 6.53. The quantitative estimate of drug-likeness (QED) is 0.537. The Labute approximate surface area is 70.4 Å². The normalized spacial score (nSPS) is 9.08. The molecule has 0 spiro atoms. The number of isocyanates is 1. The number of nitrogens with zero attached hydrogens (tertiary/aromatic N) is 1. The van der Waals surface area contributed by atoms with E-state index in [0.29, 0.717) is 12.1 Å². The zero-order valence-corrected chi connectivity index (χ0v) is 6.53. The van der Waals surface area contributed by atoms with E-state index in [1.165, 1.54) is 6.08 Å². The first-order valence-corrected chi connectivity index (χ1v) is 3.65. The first-order valence-electron chi connectivity index (χ1n) is 3.65. The first kappa shape index (κ1) is 8.65. The van der Waals surface area contributed by atoms with Crippen LogP contribution in [-0.4, -0.2) is 17.8 Å². The number of aliphatic hydroxyl groups excluding tert-OH is 1. The molecule has 0 aromatic heterocycles. The van der Waals surface area contributed by atoms with Crippen LogP contribution in [0.5, 0.6) is 0 Å². The van der Waals surface area contributed by atoms with Gasteiger partial charge in [0.15, 0.2) is 0 Å². The van der Waals surface area contributed by atoms with E-state index in [2.05, 4.69) is 4.99 Å². The van der Waals surface area contributed by atoms with Gasteiger partial charge in [-0.2, -0.15) is 4.99 Å². The van der Waals surface area contributed by atoms with Crippen LogP contribution >= 0.6 is 0 Å². The highest BCUT2D eigenvalue weighted by molar-refractivity contribution is 5.53. The molecule has 0 unspecified atom stereocenters. The third-order valence-corrected chi connectivity index (χ3v) is 1.54. The molecule has 62 valence electrons. The van der Waals surface area contributed by atoms with Gasteiger partial charge in [0.1, 0.15) is 0 Å². The first-order chi connectivity index (χ1) is 5.88. The Hall–Kier alpha value is -1.44. The lowest BCUT2D eigenvalue weighted by Crippen LogP contribution is -1.90. The summed E-state index contributed by atoms with van der Waals surface area (Å²) in [7, 11) is 0. The Morgan fingerprint density at radius 3 is 2.83 bits per heavy atom. The van der Waals surface area contributed by atoms with Gasteiger partial charge in [-0.05, 0) is 18.1 Å². The molecule has 1 N–H and O–H groups in total. The molecule has 0 bridgehead atoms. The van der Waals surface area contributed by atoms with Crippen molar-refractivity contribution in [2.75, 3.05) is 6.61 Å². The van der Waals surface area contributed by atoms with Crippen molar-refractivity contribution in [3.05, 3.63) is 29.8 Å². The van der Waals surface area contributed by atoms with Crippen molar-refractivity contribution >= 4 is 11.8 Å². The fraction of sp³-hybridized carbons (Fsp3) is 0.222. The monoisotopic (exact) mass is 163 g/mol. The maximum atomic E-state index is 9.98. The minimum Gasteiger partial charge on any atom is -0.396 e. The van der Waals surface area contributed by atoms with Crippen molar-refractivity contribution in [2.45, 2.75) is 6.42 Å². The molecule has 3 nitrogen and oxygen atoms in total. The second-order valence-corrected chi connectivity index (χ2v) is 2.31. The number of aliphatic hydroxyl groups is 1. The molecular formula is C9H9NO2. The number of para-hydroxylation sites is 1. The van der Waals surface area contributed by atoms with Crippen LogP contribution in [-0.2, 0) is 11.2 Å². The predicted octanol–water partition coefficient (Wildman–Crippen LogP) is 1.19. The average molecular weight is 163 g/mol. The molecule has 0 atom stereocenters. The minimum absolute atomic E-state index is 0.0609. The largest absolute Gasteiger partial charge is 0.396 e. The van der Waals surface area contributed by atoms with E-state index in [9.17, 15) is 4.79 Å². The average Bonchev–Trinajstić information content (AvgIpc) is 2.09. The lowest BCUT2D eigenvalue weighted by atomic mass is 10.1. The van der Waals surface area contributed by atoms with Crippen molar-refractivity contribution < 1.29 is 9.90 Å². The number of hydrogen-bond acceptors (Lipinski definition) is 3. The van der Waals surface area contributed by atoms with Crippen LogP contribution < -0.4 is 0 Å². The molecule has 0 saturated heterocycles. The molecule has 3 heteroatoms. The van der Waals surface area contributed by atoms with Gasteiger partial charge in [-0.15, -0.1) is 0 Å². The van der Waals surface area contributed by atoms with Crippen molar-refractivity contribution in [1.82, 2.24) is 0 Å². The van der Waals surface area contributed by atoms with Crippen LogP contribution in [0.1, 0.15) is 5.56 Å². The molecule has 12 heavy (non-hydrogen) atoms. The van der Waals surface area contributed by atoms with Gasteiger partial charge in [0.2, 0.25) is 6.08 Å². The lowest BCUT2D eigenvalue weighted by molar-refractivity contribution is 0.300. The number of benzene rings is 1. The van der Waals surface area contributed by atoms with Crippen molar-refractivity contribution in [2.24, 2.45) is 4.99 Å². The fourth-order valence-corrected chi connectivity index (χ4v) is 1.00. The second-order valence-electron chi connectivity index (χ2n) is 2.31. The highest BCUT2D eigenvalue weighted by Gasteiger charge is 1.97. The standard InChI is InChI=1S/C9H9NO2/c11-6-5-8-3-1-2-4-9(8)10-7-12/h1-4,11H,5-6H2. The summed E-state index contributed by atoms with van der Waals surface area (Å²) in [4.78, 5) is 13.5. The molecular weight excluding hydrogens is 154 g/mol. The van der Waals surface area contributed by atoms with Crippen molar-refractivity contribution in [1.29, 1.82) is 0 Å². The zero-order chi connectivity index (χ0) is 8.81. The molecule has 0 fully saturated rings. The molecule has 0 aliphatic heterocycles. The summed E-state index contributed by atoms with van der Waals surface area (Å²) in [6, 6.07) is 7.17. The Morgan fingerprint density at radius 1 is 1.42 bits per heavy atom. The summed E-state index contributed by atoms with van der Waals surface area (Å²) < 4.78 is 0. The maximum absolute atomic E-state index is 9.98. The molecule has 1 aromatic carbocycles. The third-order valence-electron chi connectivity index (χ3n) is 1.54. The SMILES string of the molecule is O=C=Nc1ccccc1CCO. The van der Waals surface area contributed by atoms with Gasteiger partial charge in [0, 0.05) is 6.61 Å². The summed E-state index contributed by atoms with van der Waals surface area (Å²) in [6.07, 6.45) is 1.99. The summed E-state index contributed by atoms with van der Waals surface area (Å²) in [6.45, 7) is 0.0609. The Balaban J connectivity index is 2.99. The summed E-state index contributed by atoms with van der Waals surface area (Å²) in [5.74, 6) is 0. The van der Waals surface area contributed by atoms with Gasteiger partial charge in [-0.3, -0.25) is 0 Å². The third kappa shape index (κ3) is 2.02. The van der Waals surface area contributed by atoms with Crippen LogP contribution in [0.3, 0.4) is 0 Å². The maximum Gasteiger partial charge on any atom is 0.240 e. The lowest BCUT2D eigenvalue weighted by Gasteiger charge is -1.99. The fourth-order valence-electron chi connectivity index (χ4n) is 1.00. The Kier molecular flexibility index (Phi) is 3.20. The van der Waals surface area contributed by atoms with Crippen LogP contribution in [0.15, 0.2) is 29.3 Å². The number of aliphatic imine (C=N–C) groups is 1. The Bertz CT molecular complexity index is 303.